The minimum absolute atomic E-state index is 0.246. The zero-order valence-corrected chi connectivity index (χ0v) is 14.3. The maximum Gasteiger partial charge on any atom is 0.339 e. The Bertz CT molecular complexity index is 750. The Labute approximate surface area is 147 Å². The normalized spacial score (nSPS) is 14.3. The van der Waals surface area contributed by atoms with Gasteiger partial charge in [0.1, 0.15) is 0 Å². The molecule has 2 aromatic carbocycles. The summed E-state index contributed by atoms with van der Waals surface area (Å²) >= 11 is 0. The molecule has 0 aliphatic carbocycles. The van der Waals surface area contributed by atoms with Crippen molar-refractivity contribution in [1.82, 2.24) is 4.90 Å². The fraction of sp³-hybridized carbons (Fsp3) is 0.300. The van der Waals surface area contributed by atoms with Crippen LogP contribution in [-0.2, 0) is 11.3 Å². The number of amides is 1. The number of para-hydroxylation sites is 1. The number of methoxy groups -OCH3 is 1. The molecular weight excluding hydrogens is 316 g/mol. The molecular formula is C20H22N2O3. The number of nitrogens with zero attached hydrogens (tertiary/aromatic N) is 1. The number of carbonyl (C=O) groups excluding carboxylic acids is 2. The number of hydrogen-bond donors (Lipinski definition) is 1. The van der Waals surface area contributed by atoms with Crippen molar-refractivity contribution >= 4 is 17.6 Å². The van der Waals surface area contributed by atoms with Gasteiger partial charge in [-0.3, -0.25) is 9.69 Å². The van der Waals surface area contributed by atoms with Crippen LogP contribution in [0.4, 0.5) is 5.69 Å². The predicted molar refractivity (Wildman–Crippen MR) is 96.7 cm³/mol. The summed E-state index contributed by atoms with van der Waals surface area (Å²) in [6.45, 7) is 3.21. The van der Waals surface area contributed by atoms with Crippen LogP contribution >= 0.6 is 0 Å². The average Bonchev–Trinajstić information content (AvgIpc) is 3.15. The molecule has 1 aliphatic heterocycles. The smallest absolute Gasteiger partial charge is 0.339 e. The predicted octanol–water partition coefficient (Wildman–Crippen LogP) is 3.32. The van der Waals surface area contributed by atoms with E-state index in [9.17, 15) is 9.59 Å². The quantitative estimate of drug-likeness (QED) is 0.850. The van der Waals surface area contributed by atoms with Crippen LogP contribution < -0.4 is 5.32 Å². The summed E-state index contributed by atoms with van der Waals surface area (Å²) in [7, 11) is 1.32. The van der Waals surface area contributed by atoms with Gasteiger partial charge in [0, 0.05) is 12.1 Å². The van der Waals surface area contributed by atoms with E-state index in [0.717, 1.165) is 19.6 Å². The number of likely N-dealkylation sites (tertiary alicyclic amines) is 1. The Balaban J connectivity index is 1.68. The number of rotatable bonds is 5. The molecule has 1 N–H and O–H groups in total. The van der Waals surface area contributed by atoms with Crippen molar-refractivity contribution in [1.29, 1.82) is 0 Å². The molecule has 1 aliphatic rings. The number of esters is 1. The number of nitrogens with one attached hydrogen (secondary N) is 1. The van der Waals surface area contributed by atoms with Gasteiger partial charge >= 0.3 is 5.97 Å². The summed E-state index contributed by atoms with van der Waals surface area (Å²) in [5, 5.41) is 2.78. The first-order valence-corrected chi connectivity index (χ1v) is 8.47. The number of hydrogen-bond acceptors (Lipinski definition) is 4. The van der Waals surface area contributed by atoms with Gasteiger partial charge in [-0.1, -0.05) is 24.3 Å². The van der Waals surface area contributed by atoms with Crippen molar-refractivity contribution in [2.24, 2.45) is 0 Å². The summed E-state index contributed by atoms with van der Waals surface area (Å²) in [4.78, 5) is 26.7. The van der Waals surface area contributed by atoms with E-state index < -0.39 is 5.97 Å². The molecule has 5 heteroatoms. The first-order chi connectivity index (χ1) is 12.2. The van der Waals surface area contributed by atoms with Gasteiger partial charge in [0.15, 0.2) is 0 Å². The highest BCUT2D eigenvalue weighted by Gasteiger charge is 2.15. The van der Waals surface area contributed by atoms with Crippen LogP contribution in [0.25, 0.3) is 0 Å². The number of carbonyl (C=O) groups is 2. The fourth-order valence-corrected chi connectivity index (χ4v) is 3.04. The molecule has 0 saturated carbocycles. The standard InChI is InChI=1S/C20H22N2O3/c1-25-20(24)17-6-2-3-7-18(17)21-19(23)16-10-8-15(9-11-16)14-22-12-4-5-13-22/h2-3,6-11H,4-5,12-14H2,1H3,(H,21,23). The van der Waals surface area contributed by atoms with Gasteiger partial charge in [-0.25, -0.2) is 4.79 Å². The molecule has 5 nitrogen and oxygen atoms in total. The van der Waals surface area contributed by atoms with Crippen LogP contribution in [0.2, 0.25) is 0 Å². The van der Waals surface area contributed by atoms with Gasteiger partial charge in [-0.15, -0.1) is 0 Å². The second kappa shape index (κ2) is 7.94. The van der Waals surface area contributed by atoms with Crippen LogP contribution in [0.3, 0.4) is 0 Å². The molecule has 1 saturated heterocycles. The third kappa shape index (κ3) is 4.25. The first kappa shape index (κ1) is 17.2. The largest absolute Gasteiger partial charge is 0.465 e. The zero-order chi connectivity index (χ0) is 17.6. The topological polar surface area (TPSA) is 58.6 Å². The van der Waals surface area contributed by atoms with Crippen LogP contribution in [0.1, 0.15) is 39.1 Å². The van der Waals surface area contributed by atoms with Crippen molar-refractivity contribution in [2.45, 2.75) is 19.4 Å². The lowest BCUT2D eigenvalue weighted by atomic mass is 10.1. The fourth-order valence-electron chi connectivity index (χ4n) is 3.04. The summed E-state index contributed by atoms with van der Waals surface area (Å²) in [5.41, 5.74) is 2.54. The Kier molecular flexibility index (Phi) is 5.46. The third-order valence-corrected chi connectivity index (χ3v) is 4.40. The second-order valence-electron chi connectivity index (χ2n) is 6.17. The van der Waals surface area contributed by atoms with E-state index in [0.29, 0.717) is 16.8 Å². The summed E-state index contributed by atoms with van der Waals surface area (Å²) < 4.78 is 4.75. The van der Waals surface area contributed by atoms with E-state index in [1.165, 1.54) is 25.5 Å². The monoisotopic (exact) mass is 338 g/mol. The molecule has 0 radical (unpaired) electrons. The number of ether oxygens (including phenoxy) is 1. The van der Waals surface area contributed by atoms with Crippen LogP contribution in [0.15, 0.2) is 48.5 Å². The molecule has 25 heavy (non-hydrogen) atoms. The van der Waals surface area contributed by atoms with Gasteiger partial charge in [0.05, 0.1) is 18.4 Å². The summed E-state index contributed by atoms with van der Waals surface area (Å²) in [6.07, 6.45) is 2.53. The molecule has 130 valence electrons. The molecule has 1 amide bonds. The summed E-state index contributed by atoms with van der Waals surface area (Å²) in [5.74, 6) is -0.721. The van der Waals surface area contributed by atoms with Crippen molar-refractivity contribution < 1.29 is 14.3 Å². The Hall–Kier alpha value is -2.66. The molecule has 0 atom stereocenters. The van der Waals surface area contributed by atoms with Crippen molar-refractivity contribution in [3.8, 4) is 0 Å². The van der Waals surface area contributed by atoms with Crippen molar-refractivity contribution in [3.63, 3.8) is 0 Å². The number of benzene rings is 2. The van der Waals surface area contributed by atoms with Gasteiger partial charge < -0.3 is 10.1 Å². The SMILES string of the molecule is COC(=O)c1ccccc1NC(=O)c1ccc(CN2CCCC2)cc1. The van der Waals surface area contributed by atoms with Gasteiger partial charge in [-0.2, -0.15) is 0 Å². The van der Waals surface area contributed by atoms with E-state index in [1.807, 2.05) is 24.3 Å². The maximum atomic E-state index is 12.5. The van der Waals surface area contributed by atoms with E-state index in [4.69, 9.17) is 4.74 Å². The highest BCUT2D eigenvalue weighted by atomic mass is 16.5. The van der Waals surface area contributed by atoms with E-state index in [2.05, 4.69) is 10.2 Å². The molecule has 0 bridgehead atoms. The molecule has 0 aromatic heterocycles. The Morgan fingerprint density at radius 3 is 2.40 bits per heavy atom. The second-order valence-corrected chi connectivity index (χ2v) is 6.17. The molecule has 2 aromatic rings. The Morgan fingerprint density at radius 1 is 1.04 bits per heavy atom. The Morgan fingerprint density at radius 2 is 1.72 bits per heavy atom. The minimum Gasteiger partial charge on any atom is -0.465 e. The van der Waals surface area contributed by atoms with Crippen LogP contribution in [-0.4, -0.2) is 37.0 Å². The lowest BCUT2D eigenvalue weighted by Gasteiger charge is -2.14. The third-order valence-electron chi connectivity index (χ3n) is 4.40. The van der Waals surface area contributed by atoms with E-state index in [1.54, 1.807) is 24.3 Å². The van der Waals surface area contributed by atoms with E-state index >= 15 is 0 Å². The van der Waals surface area contributed by atoms with Crippen molar-refractivity contribution in [2.75, 3.05) is 25.5 Å². The molecule has 3 rings (SSSR count). The van der Waals surface area contributed by atoms with E-state index in [-0.39, 0.29) is 5.91 Å². The molecule has 0 unspecified atom stereocenters. The highest BCUT2D eigenvalue weighted by Crippen LogP contribution is 2.18. The highest BCUT2D eigenvalue weighted by molar-refractivity contribution is 6.07. The summed E-state index contributed by atoms with van der Waals surface area (Å²) in [6, 6.07) is 14.4. The minimum atomic E-state index is -0.475. The van der Waals surface area contributed by atoms with Gasteiger partial charge in [0.2, 0.25) is 0 Å². The van der Waals surface area contributed by atoms with Crippen LogP contribution in [0, 0.1) is 0 Å². The maximum absolute atomic E-state index is 12.5. The first-order valence-electron chi connectivity index (χ1n) is 8.47. The zero-order valence-electron chi connectivity index (χ0n) is 14.3. The van der Waals surface area contributed by atoms with Gasteiger partial charge in [-0.05, 0) is 55.8 Å². The van der Waals surface area contributed by atoms with Gasteiger partial charge in [0.25, 0.3) is 5.91 Å². The average molecular weight is 338 g/mol. The molecule has 1 fully saturated rings. The lowest BCUT2D eigenvalue weighted by molar-refractivity contribution is 0.0602. The molecule has 1 heterocycles. The number of anilines is 1. The van der Waals surface area contributed by atoms with Crippen LogP contribution in [0.5, 0.6) is 0 Å². The van der Waals surface area contributed by atoms with Crippen molar-refractivity contribution in [3.05, 3.63) is 65.2 Å². The lowest BCUT2D eigenvalue weighted by Crippen LogP contribution is -2.18. The molecule has 0 spiro atoms.